The molecule has 9 heteroatoms. The van der Waals surface area contributed by atoms with E-state index in [2.05, 4.69) is 25.6 Å². The third kappa shape index (κ3) is 3.83. The highest BCUT2D eigenvalue weighted by molar-refractivity contribution is 7.99. The van der Waals surface area contributed by atoms with Crippen molar-refractivity contribution in [3.05, 3.63) is 36.7 Å². The van der Waals surface area contributed by atoms with Crippen LogP contribution in [0.4, 0.5) is 0 Å². The van der Waals surface area contributed by atoms with Crippen molar-refractivity contribution < 1.29 is 9.53 Å². The zero-order valence-electron chi connectivity index (χ0n) is 14.0. The number of carbonyl (C=O) groups is 1. The summed E-state index contributed by atoms with van der Waals surface area (Å²) in [4.78, 5) is 16.1. The Morgan fingerprint density at radius 2 is 2.15 bits per heavy atom. The molecule has 1 amide bonds. The van der Waals surface area contributed by atoms with Gasteiger partial charge in [-0.2, -0.15) is 9.61 Å². The average Bonchev–Trinajstić information content (AvgIpc) is 3.35. The van der Waals surface area contributed by atoms with Gasteiger partial charge in [-0.1, -0.05) is 11.8 Å². The Balaban J connectivity index is 1.42. The summed E-state index contributed by atoms with van der Waals surface area (Å²) in [5.41, 5.74) is 2.40. The third-order valence-corrected chi connectivity index (χ3v) is 5.01. The fourth-order valence-corrected chi connectivity index (χ4v) is 3.47. The molecular weight excluding hydrogens is 352 g/mol. The number of nitrogens with one attached hydrogen (secondary N) is 1. The molecule has 1 aliphatic rings. The van der Waals surface area contributed by atoms with Gasteiger partial charge in [0, 0.05) is 31.1 Å². The lowest BCUT2D eigenvalue weighted by atomic mass is 10.2. The number of fused-ring (bicyclic) bond motifs is 1. The Hall–Kier alpha value is -2.52. The number of thioether (sulfide) groups is 1. The molecule has 8 nitrogen and oxygen atoms in total. The summed E-state index contributed by atoms with van der Waals surface area (Å²) >= 11 is 1.31. The SMILES string of the molecule is O=C(CSc1nnc2ccc(-c3ccncc3)nn12)NCC1CCCO1. The molecule has 26 heavy (non-hydrogen) atoms. The smallest absolute Gasteiger partial charge is 0.230 e. The first-order valence-corrected chi connectivity index (χ1v) is 9.42. The fraction of sp³-hybridized carbons (Fsp3) is 0.353. The van der Waals surface area contributed by atoms with Gasteiger partial charge in [0.25, 0.3) is 0 Å². The Bertz CT molecular complexity index is 895. The van der Waals surface area contributed by atoms with Gasteiger partial charge in [-0.05, 0) is 37.1 Å². The standard InChI is InChI=1S/C17H18N6O2S/c24-16(19-10-13-2-1-9-25-13)11-26-17-21-20-15-4-3-14(22-23(15)17)12-5-7-18-8-6-12/h3-8,13H,1-2,9-11H2,(H,19,24). The van der Waals surface area contributed by atoms with Gasteiger partial charge in [0.15, 0.2) is 5.65 Å². The highest BCUT2D eigenvalue weighted by Gasteiger charge is 2.17. The number of hydrogen-bond donors (Lipinski definition) is 1. The van der Waals surface area contributed by atoms with Crippen LogP contribution >= 0.6 is 11.8 Å². The van der Waals surface area contributed by atoms with Crippen LogP contribution in [0, 0.1) is 0 Å². The summed E-state index contributed by atoms with van der Waals surface area (Å²) in [6.45, 7) is 1.34. The number of hydrogen-bond acceptors (Lipinski definition) is 7. The first kappa shape index (κ1) is 16.9. The van der Waals surface area contributed by atoms with E-state index in [-0.39, 0.29) is 17.8 Å². The molecule has 1 N–H and O–H groups in total. The molecule has 1 atom stereocenters. The molecule has 3 aromatic rings. The van der Waals surface area contributed by atoms with E-state index in [1.165, 1.54) is 11.8 Å². The van der Waals surface area contributed by atoms with Crippen LogP contribution in [0.25, 0.3) is 16.9 Å². The zero-order valence-corrected chi connectivity index (χ0v) is 14.9. The molecule has 0 radical (unpaired) electrons. The normalized spacial score (nSPS) is 16.8. The lowest BCUT2D eigenvalue weighted by molar-refractivity contribution is -0.119. The summed E-state index contributed by atoms with van der Waals surface area (Å²) < 4.78 is 7.16. The fourth-order valence-electron chi connectivity index (χ4n) is 2.75. The zero-order chi connectivity index (χ0) is 17.8. The number of pyridine rings is 1. The Morgan fingerprint density at radius 3 is 2.96 bits per heavy atom. The second-order valence-corrected chi connectivity index (χ2v) is 6.88. The second-order valence-electron chi connectivity index (χ2n) is 5.93. The van der Waals surface area contributed by atoms with E-state index < -0.39 is 0 Å². The molecular formula is C17H18N6O2S. The molecule has 134 valence electrons. The maximum Gasteiger partial charge on any atom is 0.230 e. The summed E-state index contributed by atoms with van der Waals surface area (Å²) in [5, 5.41) is 16.3. The number of ether oxygens (including phenoxy) is 1. The summed E-state index contributed by atoms with van der Waals surface area (Å²) in [5.74, 6) is 0.210. The summed E-state index contributed by atoms with van der Waals surface area (Å²) in [6, 6.07) is 7.53. The van der Waals surface area contributed by atoms with Crippen molar-refractivity contribution in [1.82, 2.24) is 30.1 Å². The number of rotatable bonds is 6. The van der Waals surface area contributed by atoms with E-state index in [0.717, 1.165) is 30.7 Å². The van der Waals surface area contributed by atoms with Crippen molar-refractivity contribution >= 4 is 23.3 Å². The second kappa shape index (κ2) is 7.79. The molecule has 0 bridgehead atoms. The van der Waals surface area contributed by atoms with Crippen LogP contribution in [0.5, 0.6) is 0 Å². The van der Waals surface area contributed by atoms with Crippen LogP contribution in [0.15, 0.2) is 41.8 Å². The Morgan fingerprint density at radius 1 is 1.27 bits per heavy atom. The van der Waals surface area contributed by atoms with Gasteiger partial charge in [-0.25, -0.2) is 0 Å². The van der Waals surface area contributed by atoms with Gasteiger partial charge in [-0.3, -0.25) is 9.78 Å². The van der Waals surface area contributed by atoms with Crippen LogP contribution in [-0.4, -0.2) is 55.7 Å². The van der Waals surface area contributed by atoms with Crippen molar-refractivity contribution in [3.8, 4) is 11.3 Å². The van der Waals surface area contributed by atoms with Crippen molar-refractivity contribution in [1.29, 1.82) is 0 Å². The van der Waals surface area contributed by atoms with Gasteiger partial charge < -0.3 is 10.1 Å². The minimum Gasteiger partial charge on any atom is -0.376 e. The number of aromatic nitrogens is 5. The van der Waals surface area contributed by atoms with E-state index in [1.807, 2.05) is 24.3 Å². The predicted octanol–water partition coefficient (Wildman–Crippen LogP) is 1.57. The predicted molar refractivity (Wildman–Crippen MR) is 96.7 cm³/mol. The molecule has 4 heterocycles. The third-order valence-electron chi connectivity index (χ3n) is 4.09. The molecule has 0 saturated carbocycles. The van der Waals surface area contributed by atoms with Crippen molar-refractivity contribution in [2.75, 3.05) is 18.9 Å². The number of carbonyl (C=O) groups excluding carboxylic acids is 1. The van der Waals surface area contributed by atoms with Crippen molar-refractivity contribution in [2.24, 2.45) is 0 Å². The molecule has 1 unspecified atom stereocenters. The van der Waals surface area contributed by atoms with Crippen LogP contribution in [0.3, 0.4) is 0 Å². The van der Waals surface area contributed by atoms with Gasteiger partial charge in [0.05, 0.1) is 17.6 Å². The highest BCUT2D eigenvalue weighted by atomic mass is 32.2. The van der Waals surface area contributed by atoms with Gasteiger partial charge in [0.1, 0.15) is 0 Å². The van der Waals surface area contributed by atoms with Gasteiger partial charge >= 0.3 is 0 Å². The van der Waals surface area contributed by atoms with Crippen molar-refractivity contribution in [2.45, 2.75) is 24.1 Å². The highest BCUT2D eigenvalue weighted by Crippen LogP contribution is 2.20. The van der Waals surface area contributed by atoms with Crippen LogP contribution < -0.4 is 5.32 Å². The maximum absolute atomic E-state index is 12.0. The monoisotopic (exact) mass is 370 g/mol. The molecule has 0 spiro atoms. The largest absolute Gasteiger partial charge is 0.376 e. The summed E-state index contributed by atoms with van der Waals surface area (Å²) in [7, 11) is 0. The summed E-state index contributed by atoms with van der Waals surface area (Å²) in [6.07, 6.45) is 5.65. The topological polar surface area (TPSA) is 94.3 Å². The molecule has 1 saturated heterocycles. The minimum atomic E-state index is -0.0486. The minimum absolute atomic E-state index is 0.0486. The van der Waals surface area contributed by atoms with E-state index in [9.17, 15) is 4.79 Å². The van der Waals surface area contributed by atoms with Crippen LogP contribution in [0.2, 0.25) is 0 Å². The molecule has 4 rings (SSSR count). The Kier molecular flexibility index (Phi) is 5.07. The first-order chi connectivity index (χ1) is 12.8. The van der Waals surface area contributed by atoms with E-state index in [1.54, 1.807) is 16.9 Å². The van der Waals surface area contributed by atoms with Gasteiger partial charge in [-0.15, -0.1) is 10.2 Å². The number of amides is 1. The van der Waals surface area contributed by atoms with E-state index in [4.69, 9.17) is 4.74 Å². The maximum atomic E-state index is 12.0. The van der Waals surface area contributed by atoms with Crippen molar-refractivity contribution in [3.63, 3.8) is 0 Å². The molecule has 3 aromatic heterocycles. The van der Waals surface area contributed by atoms with Gasteiger partial charge in [0.2, 0.25) is 11.1 Å². The molecule has 0 aliphatic carbocycles. The molecule has 1 fully saturated rings. The average molecular weight is 370 g/mol. The molecule has 0 aromatic carbocycles. The Labute approximate surface area is 154 Å². The molecule has 1 aliphatic heterocycles. The number of nitrogens with zero attached hydrogens (tertiary/aromatic N) is 5. The first-order valence-electron chi connectivity index (χ1n) is 8.43. The van der Waals surface area contributed by atoms with Crippen LogP contribution in [0.1, 0.15) is 12.8 Å². The van der Waals surface area contributed by atoms with Crippen LogP contribution in [-0.2, 0) is 9.53 Å². The van der Waals surface area contributed by atoms with E-state index in [0.29, 0.717) is 17.3 Å². The quantitative estimate of drug-likeness (QED) is 0.658. The van der Waals surface area contributed by atoms with E-state index >= 15 is 0 Å². The lowest BCUT2D eigenvalue weighted by Gasteiger charge is -2.10. The lowest BCUT2D eigenvalue weighted by Crippen LogP contribution is -2.32.